The molecule has 1 saturated heterocycles. The zero-order valence-electron chi connectivity index (χ0n) is 11.7. The second-order valence-electron chi connectivity index (χ2n) is 4.68. The van der Waals surface area contributed by atoms with E-state index in [1.54, 1.807) is 12.1 Å². The molecule has 0 aromatic heterocycles. The van der Waals surface area contributed by atoms with Crippen LogP contribution < -0.4 is 15.0 Å². The van der Waals surface area contributed by atoms with Crippen molar-refractivity contribution in [3.63, 3.8) is 0 Å². The largest absolute Gasteiger partial charge is 0.495 e. The normalized spacial score (nSPS) is 19.0. The van der Waals surface area contributed by atoms with Crippen LogP contribution in [0.1, 0.15) is 18.9 Å². The van der Waals surface area contributed by atoms with Gasteiger partial charge < -0.3 is 10.1 Å². The molecule has 0 saturated carbocycles. The molecule has 20 heavy (non-hydrogen) atoms. The van der Waals surface area contributed by atoms with Gasteiger partial charge in [0.15, 0.2) is 0 Å². The summed E-state index contributed by atoms with van der Waals surface area (Å²) in [7, 11) is 1.51. The minimum absolute atomic E-state index is 0.000160. The van der Waals surface area contributed by atoms with Crippen molar-refractivity contribution in [2.45, 2.75) is 26.3 Å². The van der Waals surface area contributed by atoms with Crippen molar-refractivity contribution in [1.82, 2.24) is 5.32 Å². The molecule has 1 aromatic carbocycles. The van der Waals surface area contributed by atoms with Crippen LogP contribution in [0.3, 0.4) is 0 Å². The highest BCUT2D eigenvalue weighted by Crippen LogP contribution is 2.35. The third-order valence-corrected chi connectivity index (χ3v) is 3.81. The molecular weight excluding hydrogens is 280 g/mol. The van der Waals surface area contributed by atoms with E-state index >= 15 is 0 Å². The summed E-state index contributed by atoms with van der Waals surface area (Å²) in [5.41, 5.74) is 1.41. The first kappa shape index (κ1) is 14.7. The molecule has 1 heterocycles. The number of ether oxygens (including phenoxy) is 1. The van der Waals surface area contributed by atoms with E-state index in [2.05, 4.69) is 5.32 Å². The fraction of sp³-hybridized carbons (Fsp3) is 0.429. The number of amides is 2. The van der Waals surface area contributed by atoms with Crippen molar-refractivity contribution in [1.29, 1.82) is 0 Å². The van der Waals surface area contributed by atoms with Crippen LogP contribution in [0.25, 0.3) is 0 Å². The lowest BCUT2D eigenvalue weighted by molar-refractivity contribution is -0.131. The van der Waals surface area contributed by atoms with Crippen LogP contribution in [0.4, 0.5) is 5.69 Å². The molecule has 1 N–H and O–H groups in total. The fourth-order valence-corrected chi connectivity index (χ4v) is 2.48. The van der Waals surface area contributed by atoms with Gasteiger partial charge in [-0.3, -0.25) is 14.5 Å². The maximum absolute atomic E-state index is 12.2. The smallest absolute Gasteiger partial charge is 0.247 e. The van der Waals surface area contributed by atoms with E-state index in [4.69, 9.17) is 16.3 Å². The number of benzene rings is 1. The Balaban J connectivity index is 2.54. The first-order chi connectivity index (χ1) is 9.49. The Morgan fingerprint density at radius 3 is 2.75 bits per heavy atom. The molecule has 0 bridgehead atoms. The van der Waals surface area contributed by atoms with Crippen molar-refractivity contribution in [3.8, 4) is 5.75 Å². The van der Waals surface area contributed by atoms with E-state index in [0.29, 0.717) is 22.9 Å². The standard InChI is InChI=1S/C14H17ClN2O3/c1-4-10-14(19)16-7-13(18)17(10)11-5-8(2)9(15)6-12(11)20-3/h5-6,10H,4,7H2,1-3H3,(H,16,19). The topological polar surface area (TPSA) is 58.6 Å². The minimum atomic E-state index is -0.522. The van der Waals surface area contributed by atoms with Gasteiger partial charge in [0.1, 0.15) is 11.8 Å². The quantitative estimate of drug-likeness (QED) is 0.927. The highest BCUT2D eigenvalue weighted by Gasteiger charge is 2.35. The molecule has 2 amide bonds. The maximum atomic E-state index is 12.2. The molecule has 108 valence electrons. The Morgan fingerprint density at radius 2 is 2.15 bits per heavy atom. The van der Waals surface area contributed by atoms with Crippen molar-refractivity contribution in [2.75, 3.05) is 18.6 Å². The van der Waals surface area contributed by atoms with E-state index in [1.807, 2.05) is 13.8 Å². The number of anilines is 1. The predicted molar refractivity (Wildman–Crippen MR) is 77.3 cm³/mol. The van der Waals surface area contributed by atoms with Crippen LogP contribution in [-0.2, 0) is 9.59 Å². The lowest BCUT2D eigenvalue weighted by atomic mass is 10.1. The predicted octanol–water partition coefficient (Wildman–Crippen LogP) is 1.90. The summed E-state index contributed by atoms with van der Waals surface area (Å²) in [5.74, 6) is 0.181. The number of carbonyl (C=O) groups is 2. The van der Waals surface area contributed by atoms with Gasteiger partial charge in [-0.15, -0.1) is 0 Å². The van der Waals surface area contributed by atoms with Crippen LogP contribution in [0, 0.1) is 6.92 Å². The first-order valence-corrected chi connectivity index (χ1v) is 6.81. The first-order valence-electron chi connectivity index (χ1n) is 6.43. The molecule has 6 heteroatoms. The molecular formula is C14H17ClN2O3. The molecule has 1 atom stereocenters. The summed E-state index contributed by atoms with van der Waals surface area (Å²) < 4.78 is 5.30. The average Bonchev–Trinajstić information content (AvgIpc) is 2.43. The summed E-state index contributed by atoms with van der Waals surface area (Å²) in [4.78, 5) is 25.6. The number of hydrogen-bond donors (Lipinski definition) is 1. The molecule has 0 aliphatic carbocycles. The highest BCUT2D eigenvalue weighted by molar-refractivity contribution is 6.31. The summed E-state index contributed by atoms with van der Waals surface area (Å²) in [6.07, 6.45) is 0.530. The van der Waals surface area contributed by atoms with Gasteiger partial charge in [-0.1, -0.05) is 18.5 Å². The Labute approximate surface area is 122 Å². The van der Waals surface area contributed by atoms with E-state index in [0.717, 1.165) is 5.56 Å². The monoisotopic (exact) mass is 296 g/mol. The van der Waals surface area contributed by atoms with Gasteiger partial charge in [-0.05, 0) is 25.0 Å². The van der Waals surface area contributed by atoms with Gasteiger partial charge in [0.25, 0.3) is 0 Å². The summed E-state index contributed by atoms with van der Waals surface area (Å²) in [5, 5.41) is 3.16. The molecule has 1 fully saturated rings. The second kappa shape index (κ2) is 5.71. The molecule has 0 radical (unpaired) electrons. The van der Waals surface area contributed by atoms with Crippen molar-refractivity contribution >= 4 is 29.1 Å². The van der Waals surface area contributed by atoms with Crippen molar-refractivity contribution in [3.05, 3.63) is 22.7 Å². The van der Waals surface area contributed by atoms with Gasteiger partial charge in [-0.2, -0.15) is 0 Å². The van der Waals surface area contributed by atoms with Gasteiger partial charge in [0.2, 0.25) is 11.8 Å². The van der Waals surface area contributed by atoms with Crippen LogP contribution in [0.2, 0.25) is 5.02 Å². The van der Waals surface area contributed by atoms with Crippen LogP contribution in [0.15, 0.2) is 12.1 Å². The van der Waals surface area contributed by atoms with E-state index in [9.17, 15) is 9.59 Å². The number of aryl methyl sites for hydroxylation is 1. The molecule has 2 rings (SSSR count). The Hall–Kier alpha value is -1.75. The third kappa shape index (κ3) is 2.45. The van der Waals surface area contributed by atoms with Gasteiger partial charge >= 0.3 is 0 Å². The zero-order chi connectivity index (χ0) is 14.9. The van der Waals surface area contributed by atoms with Gasteiger partial charge in [-0.25, -0.2) is 0 Å². The number of carbonyl (C=O) groups excluding carboxylic acids is 2. The van der Waals surface area contributed by atoms with Gasteiger partial charge in [0, 0.05) is 11.1 Å². The molecule has 1 aliphatic rings. The molecule has 0 spiro atoms. The summed E-state index contributed by atoms with van der Waals surface area (Å²) in [6.45, 7) is 3.71. The van der Waals surface area contributed by atoms with Crippen molar-refractivity contribution in [2.24, 2.45) is 0 Å². The Morgan fingerprint density at radius 1 is 1.45 bits per heavy atom. The maximum Gasteiger partial charge on any atom is 0.247 e. The van der Waals surface area contributed by atoms with Crippen LogP contribution in [-0.4, -0.2) is 31.5 Å². The minimum Gasteiger partial charge on any atom is -0.495 e. The second-order valence-corrected chi connectivity index (χ2v) is 5.09. The Kier molecular flexibility index (Phi) is 4.18. The number of methoxy groups -OCH3 is 1. The Bertz CT molecular complexity index is 560. The third-order valence-electron chi connectivity index (χ3n) is 3.40. The number of rotatable bonds is 3. The lowest BCUT2D eigenvalue weighted by Crippen LogP contribution is -2.58. The molecule has 1 aliphatic heterocycles. The number of nitrogens with one attached hydrogen (secondary N) is 1. The molecule has 5 nitrogen and oxygen atoms in total. The lowest BCUT2D eigenvalue weighted by Gasteiger charge is -2.35. The fourth-order valence-electron chi connectivity index (χ4n) is 2.33. The van der Waals surface area contributed by atoms with E-state index in [-0.39, 0.29) is 18.4 Å². The van der Waals surface area contributed by atoms with E-state index < -0.39 is 6.04 Å². The van der Waals surface area contributed by atoms with Crippen molar-refractivity contribution < 1.29 is 14.3 Å². The number of halogens is 1. The number of nitrogens with zero attached hydrogens (tertiary/aromatic N) is 1. The molecule has 1 unspecified atom stereocenters. The number of piperazine rings is 1. The average molecular weight is 297 g/mol. The molecule has 1 aromatic rings. The zero-order valence-corrected chi connectivity index (χ0v) is 12.5. The van der Waals surface area contributed by atoms with Crippen LogP contribution in [0.5, 0.6) is 5.75 Å². The van der Waals surface area contributed by atoms with E-state index in [1.165, 1.54) is 12.0 Å². The number of hydrogen-bond acceptors (Lipinski definition) is 3. The summed E-state index contributed by atoms with van der Waals surface area (Å²) >= 11 is 6.08. The summed E-state index contributed by atoms with van der Waals surface area (Å²) in [6, 6.07) is 2.92. The highest BCUT2D eigenvalue weighted by atomic mass is 35.5. The van der Waals surface area contributed by atoms with Gasteiger partial charge in [0.05, 0.1) is 19.3 Å². The SMILES string of the molecule is CCC1C(=O)NCC(=O)N1c1cc(C)c(Cl)cc1OC. The van der Waals surface area contributed by atoms with Crippen LogP contribution >= 0.6 is 11.6 Å².